The number of hydrogen-bond donors (Lipinski definition) is 0. The Bertz CT molecular complexity index is 1070. The summed E-state index contributed by atoms with van der Waals surface area (Å²) in [5, 5.41) is 12.6. The highest BCUT2D eigenvalue weighted by Crippen LogP contribution is 2.46. The third-order valence-corrected chi connectivity index (χ3v) is 5.91. The van der Waals surface area contributed by atoms with Gasteiger partial charge >= 0.3 is 0 Å². The molecule has 0 saturated heterocycles. The summed E-state index contributed by atoms with van der Waals surface area (Å²) < 4.78 is 0. The topological polar surface area (TPSA) is 36.1 Å². The fourth-order valence-electron chi connectivity index (χ4n) is 2.77. The van der Waals surface area contributed by atoms with E-state index in [1.54, 1.807) is 22.7 Å². The van der Waals surface area contributed by atoms with E-state index in [-0.39, 0.29) is 0 Å². The largest absolute Gasteiger partial charge is 0.243 e. The first-order chi connectivity index (χ1) is 12.9. The smallest absolute Gasteiger partial charge is 0.135 e. The molecule has 0 spiro atoms. The van der Waals surface area contributed by atoms with E-state index < -0.39 is 0 Å². The van der Waals surface area contributed by atoms with Gasteiger partial charge in [0.15, 0.2) is 0 Å². The number of rotatable bonds is 4. The van der Waals surface area contributed by atoms with Crippen LogP contribution in [-0.2, 0) is 0 Å². The molecule has 0 aliphatic carbocycles. The minimum absolute atomic E-state index is 0.632. The quantitative estimate of drug-likeness (QED) is 0.365. The average Bonchev–Trinajstić information content (AvgIpc) is 3.35. The van der Waals surface area contributed by atoms with Crippen LogP contribution in [-0.4, -0.2) is 6.21 Å². The molecule has 0 unspecified atom stereocenters. The van der Waals surface area contributed by atoms with E-state index in [2.05, 4.69) is 23.2 Å². The summed E-state index contributed by atoms with van der Waals surface area (Å²) in [4.78, 5) is 6.78. The molecule has 2 nitrogen and oxygen atoms in total. The maximum atomic E-state index is 9.86. The second kappa shape index (κ2) is 7.49. The van der Waals surface area contributed by atoms with Gasteiger partial charge in [-0.1, -0.05) is 66.7 Å². The van der Waals surface area contributed by atoms with Crippen molar-refractivity contribution in [3.8, 4) is 27.6 Å². The van der Waals surface area contributed by atoms with Crippen LogP contribution in [0.1, 0.15) is 10.4 Å². The van der Waals surface area contributed by atoms with Crippen molar-refractivity contribution in [2.24, 2.45) is 4.99 Å². The Labute approximate surface area is 160 Å². The van der Waals surface area contributed by atoms with E-state index in [0.717, 1.165) is 31.4 Å². The lowest BCUT2D eigenvalue weighted by Gasteiger charge is -2.05. The summed E-state index contributed by atoms with van der Waals surface area (Å²) in [5.74, 6) is 0. The van der Waals surface area contributed by atoms with Gasteiger partial charge < -0.3 is 0 Å². The zero-order chi connectivity index (χ0) is 17.8. The van der Waals surface area contributed by atoms with E-state index in [1.807, 2.05) is 72.3 Å². The van der Waals surface area contributed by atoms with Crippen molar-refractivity contribution in [2.75, 3.05) is 0 Å². The summed E-state index contributed by atoms with van der Waals surface area (Å²) in [6.07, 6.45) is 1.83. The van der Waals surface area contributed by atoms with Gasteiger partial charge in [0, 0.05) is 21.5 Å². The van der Waals surface area contributed by atoms with Crippen LogP contribution in [0.2, 0.25) is 0 Å². The van der Waals surface area contributed by atoms with Crippen molar-refractivity contribution in [2.45, 2.75) is 0 Å². The lowest BCUT2D eigenvalue weighted by atomic mass is 9.99. The first-order valence-electron chi connectivity index (χ1n) is 8.12. The Morgan fingerprint density at radius 2 is 1.54 bits per heavy atom. The number of nitriles is 1. The van der Waals surface area contributed by atoms with Gasteiger partial charge in [-0.2, -0.15) is 5.26 Å². The molecule has 4 rings (SSSR count). The number of thiophene rings is 2. The number of hydrogen-bond acceptors (Lipinski definition) is 4. The van der Waals surface area contributed by atoms with Crippen LogP contribution in [0, 0.1) is 11.3 Å². The van der Waals surface area contributed by atoms with Gasteiger partial charge in [-0.15, -0.1) is 22.7 Å². The van der Waals surface area contributed by atoms with Gasteiger partial charge in [0.05, 0.1) is 5.56 Å². The molecule has 0 aliphatic heterocycles. The Hall–Kier alpha value is -3.00. The summed E-state index contributed by atoms with van der Waals surface area (Å²) in [5.41, 5.74) is 3.73. The average molecular weight is 371 g/mol. The van der Waals surface area contributed by atoms with Gasteiger partial charge in [0.25, 0.3) is 0 Å². The number of aliphatic imine (C=N–C) groups is 1. The van der Waals surface area contributed by atoms with E-state index in [1.165, 1.54) is 0 Å². The molecule has 0 N–H and O–H groups in total. The van der Waals surface area contributed by atoms with Crippen LogP contribution in [0.4, 0.5) is 5.00 Å². The molecule has 2 heterocycles. The highest BCUT2D eigenvalue weighted by Gasteiger charge is 2.20. The Balaban J connectivity index is 1.92. The molecule has 4 heteroatoms. The van der Waals surface area contributed by atoms with E-state index >= 15 is 0 Å². The van der Waals surface area contributed by atoms with E-state index in [4.69, 9.17) is 0 Å². The summed E-state index contributed by atoms with van der Waals surface area (Å²) in [6, 6.07) is 26.7. The van der Waals surface area contributed by atoms with Crippen LogP contribution in [0.25, 0.3) is 21.6 Å². The molecular weight excluding hydrogens is 356 g/mol. The molecular formula is C22H14N2S2. The lowest BCUT2D eigenvalue weighted by Crippen LogP contribution is -1.83. The predicted molar refractivity (Wildman–Crippen MR) is 111 cm³/mol. The fourth-order valence-corrected chi connectivity index (χ4v) is 4.48. The van der Waals surface area contributed by atoms with Gasteiger partial charge in [-0.05, 0) is 22.6 Å². The number of nitrogens with zero attached hydrogens (tertiary/aromatic N) is 2. The molecule has 124 valence electrons. The van der Waals surface area contributed by atoms with Crippen molar-refractivity contribution in [3.05, 3.63) is 88.6 Å². The first-order valence-corrected chi connectivity index (χ1v) is 9.82. The van der Waals surface area contributed by atoms with Crippen molar-refractivity contribution in [1.29, 1.82) is 5.26 Å². The molecule has 0 saturated carbocycles. The molecule has 0 aliphatic rings. The zero-order valence-corrected chi connectivity index (χ0v) is 15.4. The van der Waals surface area contributed by atoms with Crippen molar-refractivity contribution >= 4 is 33.9 Å². The number of benzene rings is 2. The minimum Gasteiger partial charge on any atom is -0.243 e. The predicted octanol–water partition coefficient (Wildman–Crippen LogP) is 6.77. The maximum Gasteiger partial charge on any atom is 0.135 e. The minimum atomic E-state index is 0.632. The molecule has 2 aromatic heterocycles. The van der Waals surface area contributed by atoms with Crippen molar-refractivity contribution < 1.29 is 0 Å². The van der Waals surface area contributed by atoms with E-state index in [9.17, 15) is 5.26 Å². The zero-order valence-electron chi connectivity index (χ0n) is 13.8. The molecule has 0 bridgehead atoms. The highest BCUT2D eigenvalue weighted by atomic mass is 32.1. The van der Waals surface area contributed by atoms with Crippen LogP contribution in [0.3, 0.4) is 0 Å². The van der Waals surface area contributed by atoms with Gasteiger partial charge in [0.2, 0.25) is 0 Å². The third kappa shape index (κ3) is 3.23. The molecule has 0 radical (unpaired) electrons. The van der Waals surface area contributed by atoms with Gasteiger partial charge in [-0.3, -0.25) is 0 Å². The molecule has 0 atom stereocenters. The second-order valence-corrected chi connectivity index (χ2v) is 7.58. The first kappa shape index (κ1) is 16.5. The van der Waals surface area contributed by atoms with E-state index in [0.29, 0.717) is 5.56 Å². The summed E-state index contributed by atoms with van der Waals surface area (Å²) in [7, 11) is 0. The fraction of sp³-hybridized carbons (Fsp3) is 0. The monoisotopic (exact) mass is 370 g/mol. The van der Waals surface area contributed by atoms with Crippen molar-refractivity contribution in [1.82, 2.24) is 0 Å². The lowest BCUT2D eigenvalue weighted by molar-refractivity contribution is 1.48. The van der Waals surface area contributed by atoms with Crippen LogP contribution >= 0.6 is 22.7 Å². The van der Waals surface area contributed by atoms with Crippen LogP contribution < -0.4 is 0 Å². The maximum absolute atomic E-state index is 9.86. The Morgan fingerprint density at radius 3 is 2.15 bits per heavy atom. The highest BCUT2D eigenvalue weighted by molar-refractivity contribution is 7.20. The van der Waals surface area contributed by atoms with Crippen molar-refractivity contribution in [3.63, 3.8) is 0 Å². The SMILES string of the molecule is N#Cc1c(N=Cc2cccs2)sc(-c2ccccc2)c1-c1ccccc1. The normalized spacial score (nSPS) is 10.9. The molecule has 4 aromatic rings. The van der Waals surface area contributed by atoms with Gasteiger partial charge in [0.1, 0.15) is 11.1 Å². The van der Waals surface area contributed by atoms with Crippen LogP contribution in [0.5, 0.6) is 0 Å². The van der Waals surface area contributed by atoms with Gasteiger partial charge in [-0.25, -0.2) is 4.99 Å². The second-order valence-electron chi connectivity index (χ2n) is 5.60. The summed E-state index contributed by atoms with van der Waals surface area (Å²) >= 11 is 3.20. The molecule has 2 aromatic carbocycles. The van der Waals surface area contributed by atoms with Crippen LogP contribution in [0.15, 0.2) is 83.2 Å². The Morgan fingerprint density at radius 1 is 0.846 bits per heavy atom. The standard InChI is InChI=1S/C22H14N2S2/c23-14-19-20(16-8-3-1-4-9-16)21(17-10-5-2-6-11-17)26-22(19)24-15-18-12-7-13-25-18/h1-13,15H. The summed E-state index contributed by atoms with van der Waals surface area (Å²) in [6.45, 7) is 0. The third-order valence-electron chi connectivity index (χ3n) is 3.95. The Kier molecular flexibility index (Phi) is 4.74. The molecule has 0 fully saturated rings. The molecule has 0 amide bonds. The molecule has 26 heavy (non-hydrogen) atoms.